The fourth-order valence-electron chi connectivity index (χ4n) is 3.05. The largest absolute Gasteiger partial charge is 0.478 e. The number of piperazine rings is 1. The molecule has 26 heavy (non-hydrogen) atoms. The standard InChI is InChI=1S/C18H24N2O6/c1-10-11(15(21)22)5-6-12(14(10)16(23)24)13-9-19-7-8-20(13)17(25)26-18(2,3)4/h5-6,13,19H,7-9H2,1-4H3,(H,21,22)(H,23,24). The summed E-state index contributed by atoms with van der Waals surface area (Å²) in [6.45, 7) is 8.02. The van der Waals surface area contributed by atoms with E-state index in [-0.39, 0.29) is 16.7 Å². The van der Waals surface area contributed by atoms with E-state index in [4.69, 9.17) is 4.74 Å². The maximum absolute atomic E-state index is 12.6. The van der Waals surface area contributed by atoms with Crippen molar-refractivity contribution in [3.8, 4) is 0 Å². The Bertz CT molecular complexity index is 738. The SMILES string of the molecule is Cc1c(C(=O)O)ccc(C2CNCCN2C(=O)OC(C)(C)C)c1C(=O)O. The second-order valence-corrected chi connectivity index (χ2v) is 7.21. The first kappa shape index (κ1) is 19.7. The normalized spacial score (nSPS) is 17.7. The summed E-state index contributed by atoms with van der Waals surface area (Å²) >= 11 is 0. The summed E-state index contributed by atoms with van der Waals surface area (Å²) in [6.07, 6.45) is -0.527. The number of rotatable bonds is 3. The highest BCUT2D eigenvalue weighted by molar-refractivity contribution is 5.97. The summed E-state index contributed by atoms with van der Waals surface area (Å²) < 4.78 is 5.44. The minimum absolute atomic E-state index is 0.0706. The molecule has 1 amide bonds. The van der Waals surface area contributed by atoms with E-state index in [0.717, 1.165) is 0 Å². The number of carboxylic acids is 2. The molecule has 1 aromatic carbocycles. The summed E-state index contributed by atoms with van der Waals surface area (Å²) in [4.78, 5) is 37.2. The number of benzene rings is 1. The maximum atomic E-state index is 12.6. The van der Waals surface area contributed by atoms with Crippen molar-refractivity contribution in [1.82, 2.24) is 10.2 Å². The molecule has 0 radical (unpaired) electrons. The fourth-order valence-corrected chi connectivity index (χ4v) is 3.05. The van der Waals surface area contributed by atoms with Crippen LogP contribution in [0.5, 0.6) is 0 Å². The Morgan fingerprint density at radius 1 is 1.19 bits per heavy atom. The van der Waals surface area contributed by atoms with Gasteiger partial charge in [0.15, 0.2) is 0 Å². The van der Waals surface area contributed by atoms with Gasteiger partial charge in [-0.25, -0.2) is 14.4 Å². The van der Waals surface area contributed by atoms with Crippen LogP contribution in [0.3, 0.4) is 0 Å². The maximum Gasteiger partial charge on any atom is 0.410 e. The van der Waals surface area contributed by atoms with Crippen LogP contribution in [0.1, 0.15) is 58.7 Å². The number of aromatic carboxylic acids is 2. The molecule has 0 aliphatic carbocycles. The second-order valence-electron chi connectivity index (χ2n) is 7.21. The number of nitrogens with one attached hydrogen (secondary N) is 1. The van der Waals surface area contributed by atoms with Crippen molar-refractivity contribution in [2.75, 3.05) is 19.6 Å². The van der Waals surface area contributed by atoms with Gasteiger partial charge in [-0.15, -0.1) is 0 Å². The van der Waals surface area contributed by atoms with E-state index >= 15 is 0 Å². The first-order valence-electron chi connectivity index (χ1n) is 8.33. The Morgan fingerprint density at radius 3 is 2.38 bits per heavy atom. The highest BCUT2D eigenvalue weighted by Crippen LogP contribution is 2.30. The molecule has 1 saturated heterocycles. The number of carbonyl (C=O) groups excluding carboxylic acids is 1. The highest BCUT2D eigenvalue weighted by atomic mass is 16.6. The minimum atomic E-state index is -1.23. The molecule has 2 rings (SSSR count). The average Bonchev–Trinajstić information content (AvgIpc) is 2.52. The summed E-state index contributed by atoms with van der Waals surface area (Å²) in [6, 6.07) is 2.28. The number of ether oxygens (including phenoxy) is 1. The topological polar surface area (TPSA) is 116 Å². The Kier molecular flexibility index (Phi) is 5.56. The third-order valence-electron chi connectivity index (χ3n) is 4.17. The van der Waals surface area contributed by atoms with Crippen LogP contribution >= 0.6 is 0 Å². The van der Waals surface area contributed by atoms with Gasteiger partial charge in [0.2, 0.25) is 0 Å². The van der Waals surface area contributed by atoms with Crippen molar-refractivity contribution < 1.29 is 29.3 Å². The van der Waals surface area contributed by atoms with Gasteiger partial charge in [-0.3, -0.25) is 4.90 Å². The van der Waals surface area contributed by atoms with E-state index < -0.39 is 29.7 Å². The van der Waals surface area contributed by atoms with Crippen LogP contribution in [-0.2, 0) is 4.74 Å². The lowest BCUT2D eigenvalue weighted by atomic mass is 9.91. The van der Waals surface area contributed by atoms with Gasteiger partial charge in [-0.1, -0.05) is 6.07 Å². The zero-order valence-electron chi connectivity index (χ0n) is 15.3. The quantitative estimate of drug-likeness (QED) is 0.753. The first-order valence-corrected chi connectivity index (χ1v) is 8.33. The fraction of sp³-hybridized carbons (Fsp3) is 0.500. The molecular formula is C18H24N2O6. The van der Waals surface area contributed by atoms with Crippen LogP contribution in [0, 0.1) is 6.92 Å². The predicted molar refractivity (Wildman–Crippen MR) is 93.6 cm³/mol. The molecule has 3 N–H and O–H groups in total. The third kappa shape index (κ3) is 4.13. The monoisotopic (exact) mass is 364 g/mol. The molecule has 0 spiro atoms. The number of carbonyl (C=O) groups is 3. The number of carboxylic acid groups (broad SMARTS) is 2. The molecule has 0 aromatic heterocycles. The van der Waals surface area contributed by atoms with Crippen molar-refractivity contribution >= 4 is 18.0 Å². The van der Waals surface area contributed by atoms with Crippen LogP contribution in [-0.4, -0.2) is 58.4 Å². The predicted octanol–water partition coefficient (Wildman–Crippen LogP) is 2.27. The molecule has 1 aliphatic heterocycles. The van der Waals surface area contributed by atoms with Gasteiger partial charge in [0.25, 0.3) is 0 Å². The molecule has 1 aliphatic rings. The lowest BCUT2D eigenvalue weighted by Crippen LogP contribution is -2.50. The molecule has 0 saturated carbocycles. The van der Waals surface area contributed by atoms with Crippen LogP contribution in [0.4, 0.5) is 4.79 Å². The molecule has 8 nitrogen and oxygen atoms in total. The van der Waals surface area contributed by atoms with E-state index in [9.17, 15) is 24.6 Å². The molecule has 0 bridgehead atoms. The van der Waals surface area contributed by atoms with Gasteiger partial charge in [0.05, 0.1) is 17.2 Å². The molecule has 1 fully saturated rings. The molecule has 1 aromatic rings. The number of nitrogens with zero attached hydrogens (tertiary/aromatic N) is 1. The van der Waals surface area contributed by atoms with Crippen molar-refractivity contribution in [3.63, 3.8) is 0 Å². The number of hydrogen-bond acceptors (Lipinski definition) is 5. The zero-order valence-corrected chi connectivity index (χ0v) is 15.3. The summed E-state index contributed by atoms with van der Waals surface area (Å²) in [5, 5.41) is 22.0. The lowest BCUT2D eigenvalue weighted by Gasteiger charge is -2.38. The molecule has 1 unspecified atom stereocenters. The van der Waals surface area contributed by atoms with Gasteiger partial charge in [0, 0.05) is 19.6 Å². The van der Waals surface area contributed by atoms with Crippen LogP contribution < -0.4 is 5.32 Å². The van der Waals surface area contributed by atoms with E-state index in [2.05, 4.69) is 5.32 Å². The summed E-state index contributed by atoms with van der Waals surface area (Å²) in [5.74, 6) is -2.42. The van der Waals surface area contributed by atoms with Gasteiger partial charge < -0.3 is 20.3 Å². The van der Waals surface area contributed by atoms with Gasteiger partial charge >= 0.3 is 18.0 Å². The summed E-state index contributed by atoms with van der Waals surface area (Å²) in [5.41, 5.74) is -0.285. The minimum Gasteiger partial charge on any atom is -0.478 e. The third-order valence-corrected chi connectivity index (χ3v) is 4.17. The smallest absolute Gasteiger partial charge is 0.410 e. The Hall–Kier alpha value is -2.61. The Morgan fingerprint density at radius 2 is 1.85 bits per heavy atom. The van der Waals surface area contributed by atoms with E-state index in [1.54, 1.807) is 20.8 Å². The second kappa shape index (κ2) is 7.33. The molecular weight excluding hydrogens is 340 g/mol. The van der Waals surface area contributed by atoms with E-state index in [0.29, 0.717) is 25.2 Å². The Balaban J connectivity index is 2.50. The van der Waals surface area contributed by atoms with Crippen LogP contribution in [0.15, 0.2) is 12.1 Å². The molecule has 1 atom stereocenters. The molecule has 142 valence electrons. The van der Waals surface area contributed by atoms with Crippen molar-refractivity contribution in [2.45, 2.75) is 39.3 Å². The molecule has 8 heteroatoms. The average molecular weight is 364 g/mol. The van der Waals surface area contributed by atoms with Crippen molar-refractivity contribution in [3.05, 3.63) is 34.4 Å². The van der Waals surface area contributed by atoms with Gasteiger partial charge in [-0.2, -0.15) is 0 Å². The van der Waals surface area contributed by atoms with Crippen LogP contribution in [0.25, 0.3) is 0 Å². The lowest BCUT2D eigenvalue weighted by molar-refractivity contribution is 0.0114. The first-order chi connectivity index (χ1) is 12.0. The van der Waals surface area contributed by atoms with E-state index in [1.807, 2.05) is 0 Å². The van der Waals surface area contributed by atoms with Crippen LogP contribution in [0.2, 0.25) is 0 Å². The summed E-state index contributed by atoms with van der Waals surface area (Å²) in [7, 11) is 0. The van der Waals surface area contributed by atoms with Gasteiger partial charge in [-0.05, 0) is 44.9 Å². The van der Waals surface area contributed by atoms with Crippen molar-refractivity contribution in [2.24, 2.45) is 0 Å². The number of amides is 1. The number of hydrogen-bond donors (Lipinski definition) is 3. The van der Waals surface area contributed by atoms with Gasteiger partial charge in [0.1, 0.15) is 5.60 Å². The van der Waals surface area contributed by atoms with E-state index in [1.165, 1.54) is 24.0 Å². The Labute approximate surface area is 151 Å². The zero-order chi connectivity index (χ0) is 19.6. The molecule has 1 heterocycles. The highest BCUT2D eigenvalue weighted by Gasteiger charge is 2.34. The van der Waals surface area contributed by atoms with Crippen molar-refractivity contribution in [1.29, 1.82) is 0 Å².